The largest absolute Gasteiger partial charge is 0.309 e. The molecular formula is C100H58N6S3. The summed E-state index contributed by atoms with van der Waals surface area (Å²) < 4.78 is 14.8. The van der Waals surface area contributed by atoms with Crippen molar-refractivity contribution >= 4 is 160 Å². The highest BCUT2D eigenvalue weighted by Crippen LogP contribution is 2.58. The monoisotopic (exact) mass is 1440 g/mol. The number of aromatic nitrogens is 6. The zero-order valence-corrected chi connectivity index (χ0v) is 60.8. The van der Waals surface area contributed by atoms with E-state index in [0.717, 1.165) is 99.3 Å². The molecule has 0 saturated heterocycles. The second-order valence-corrected chi connectivity index (χ2v) is 32.2. The smallest absolute Gasteiger partial charge is 0.240 e. The van der Waals surface area contributed by atoms with E-state index in [1.807, 2.05) is 34.0 Å². The van der Waals surface area contributed by atoms with Crippen molar-refractivity contribution < 1.29 is 0 Å². The van der Waals surface area contributed by atoms with Crippen molar-refractivity contribution in [1.29, 1.82) is 0 Å². The van der Waals surface area contributed by atoms with Crippen LogP contribution in [0.15, 0.2) is 352 Å². The standard InChI is InChI=1S/C100H58N6S3/c1-3-19-66(20-4-1)100(67-21-5-2-6-22-67)83-57-65(35-43-69(83)70-44-42-68(58-84(70)100)104-85-29-13-7-23-71(85)77-51-59(36-45-88(77)104)62-39-48-94-80(54-62)74-26-10-16-32-91(74)107-94)97-101-98(105-86-30-14-8-24-72(86)78-52-60(37-46-89(78)105)63-40-49-95-81(55-63)75-27-11-17-33-92(75)108-95)103-99(102-97)106-87-31-15-9-25-73(87)79-53-61(38-47-90(79)106)64-41-50-96-82(56-64)76-28-12-18-34-93(76)109-96/h1-58H. The summed E-state index contributed by atoms with van der Waals surface area (Å²) in [7, 11) is 0. The van der Waals surface area contributed by atoms with Crippen LogP contribution in [0.25, 0.3) is 199 Å². The molecule has 0 aliphatic heterocycles. The first-order chi connectivity index (χ1) is 54.0. The van der Waals surface area contributed by atoms with E-state index in [-0.39, 0.29) is 0 Å². The lowest BCUT2D eigenvalue weighted by Gasteiger charge is -2.34. The molecular weight excluding hydrogens is 1380 g/mol. The minimum atomic E-state index is -0.800. The molecule has 0 bridgehead atoms. The average molecular weight is 1440 g/mol. The Labute approximate surface area is 636 Å². The highest BCUT2D eigenvalue weighted by Gasteiger charge is 2.47. The summed E-state index contributed by atoms with van der Waals surface area (Å²) in [6.45, 7) is 0. The Kier molecular flexibility index (Phi) is 13.0. The molecule has 0 atom stereocenters. The van der Waals surface area contributed by atoms with E-state index < -0.39 is 5.41 Å². The fourth-order valence-electron chi connectivity index (χ4n) is 18.3. The van der Waals surface area contributed by atoms with Crippen molar-refractivity contribution in [3.8, 4) is 73.5 Å². The van der Waals surface area contributed by atoms with Crippen LogP contribution in [0.2, 0.25) is 0 Å². The maximum Gasteiger partial charge on any atom is 0.240 e. The second kappa shape index (κ2) is 23.3. The second-order valence-electron chi connectivity index (χ2n) is 28.9. The van der Waals surface area contributed by atoms with Gasteiger partial charge in [0.2, 0.25) is 11.9 Å². The van der Waals surface area contributed by atoms with Crippen LogP contribution in [0.4, 0.5) is 0 Å². The van der Waals surface area contributed by atoms with Crippen LogP contribution in [-0.2, 0) is 5.41 Å². The van der Waals surface area contributed by atoms with Gasteiger partial charge in [-0.05, 0) is 194 Å². The predicted molar refractivity (Wildman–Crippen MR) is 461 cm³/mol. The Morgan fingerprint density at radius 2 is 0.523 bits per heavy atom. The Morgan fingerprint density at radius 3 is 0.954 bits per heavy atom. The number of rotatable bonds is 9. The van der Waals surface area contributed by atoms with Gasteiger partial charge in [-0.2, -0.15) is 15.0 Å². The summed E-state index contributed by atoms with van der Waals surface area (Å²) in [5, 5.41) is 14.6. The molecule has 7 aromatic heterocycles. The minimum absolute atomic E-state index is 0.519. The van der Waals surface area contributed by atoms with Crippen LogP contribution < -0.4 is 0 Å². The molecule has 109 heavy (non-hydrogen) atoms. The highest BCUT2D eigenvalue weighted by atomic mass is 32.1. The van der Waals surface area contributed by atoms with Gasteiger partial charge in [-0.1, -0.05) is 224 Å². The van der Waals surface area contributed by atoms with Crippen LogP contribution in [0.5, 0.6) is 0 Å². The van der Waals surface area contributed by atoms with Gasteiger partial charge in [0.25, 0.3) is 0 Å². The maximum atomic E-state index is 5.80. The predicted octanol–water partition coefficient (Wildman–Crippen LogP) is 27.3. The topological polar surface area (TPSA) is 53.5 Å². The molecule has 0 spiro atoms. The van der Waals surface area contributed by atoms with Crippen LogP contribution >= 0.6 is 34.0 Å². The zero-order valence-electron chi connectivity index (χ0n) is 58.4. The normalized spacial score (nSPS) is 12.8. The van der Waals surface area contributed by atoms with E-state index >= 15 is 0 Å². The van der Waals surface area contributed by atoms with Gasteiger partial charge in [0.1, 0.15) is 0 Å². The van der Waals surface area contributed by atoms with Crippen molar-refractivity contribution in [2.45, 2.75) is 5.41 Å². The Hall–Kier alpha value is -13.4. The first-order valence-electron chi connectivity index (χ1n) is 37.0. The first-order valence-corrected chi connectivity index (χ1v) is 39.5. The molecule has 0 saturated carbocycles. The Bertz CT molecular complexity index is 7530. The quantitative estimate of drug-likeness (QED) is 0.145. The molecule has 0 unspecified atom stereocenters. The number of hydrogen-bond donors (Lipinski definition) is 0. The molecule has 506 valence electrons. The van der Waals surface area contributed by atoms with Crippen LogP contribution in [0.1, 0.15) is 22.3 Å². The molecule has 9 heteroatoms. The number of fused-ring (bicyclic) bond motifs is 21. The van der Waals surface area contributed by atoms with Crippen molar-refractivity contribution in [1.82, 2.24) is 28.7 Å². The number of hydrogen-bond acceptors (Lipinski definition) is 6. The molecule has 0 fully saturated rings. The number of para-hydroxylation sites is 3. The summed E-state index contributed by atoms with van der Waals surface area (Å²) in [6, 6.07) is 131. The number of nitrogens with zero attached hydrogens (tertiary/aromatic N) is 6. The molecule has 7 heterocycles. The third-order valence-electron chi connectivity index (χ3n) is 23.2. The molecule has 0 N–H and O–H groups in total. The van der Waals surface area contributed by atoms with Gasteiger partial charge in [-0.25, -0.2) is 0 Å². The Morgan fingerprint density at radius 1 is 0.211 bits per heavy atom. The van der Waals surface area contributed by atoms with E-state index in [1.165, 1.54) is 105 Å². The van der Waals surface area contributed by atoms with Crippen molar-refractivity contribution in [3.63, 3.8) is 0 Å². The third-order valence-corrected chi connectivity index (χ3v) is 26.7. The van der Waals surface area contributed by atoms with Crippen LogP contribution in [0, 0.1) is 0 Å². The molecule has 6 nitrogen and oxygen atoms in total. The van der Waals surface area contributed by atoms with E-state index in [2.05, 4.69) is 366 Å². The fraction of sp³-hybridized carbons (Fsp3) is 0.0100. The molecule has 1 aliphatic rings. The van der Waals surface area contributed by atoms with E-state index in [0.29, 0.717) is 17.7 Å². The Balaban J connectivity index is 0.712. The number of benzene rings is 16. The summed E-state index contributed by atoms with van der Waals surface area (Å²) in [5.41, 5.74) is 21.5. The SMILES string of the molecule is c1ccc(C2(c3ccccc3)c3cc(-c4nc(-n5c6ccccc6c6cc(-c7ccc8sc9ccccc9c8c7)ccc65)nc(-n5c6ccccc6c6cc(-c7ccc8sc9ccccc9c8c7)ccc65)n4)ccc3-c3ccc(-n4c5ccccc5c5cc(-c6ccc7sc8ccccc8c7c6)ccc54)cc32)cc1. The van der Waals surface area contributed by atoms with Crippen molar-refractivity contribution in [2.24, 2.45) is 0 Å². The minimum Gasteiger partial charge on any atom is -0.309 e. The van der Waals surface area contributed by atoms with Gasteiger partial charge < -0.3 is 4.57 Å². The zero-order chi connectivity index (χ0) is 71.2. The summed E-state index contributed by atoms with van der Waals surface area (Å²) >= 11 is 5.56. The van der Waals surface area contributed by atoms with Gasteiger partial charge in [0.15, 0.2) is 5.82 Å². The molecule has 16 aromatic carbocycles. The lowest BCUT2D eigenvalue weighted by Crippen LogP contribution is -2.28. The average Bonchev–Trinajstić information content (AvgIpc) is 1.53. The van der Waals surface area contributed by atoms with Gasteiger partial charge in [-0.3, -0.25) is 9.13 Å². The van der Waals surface area contributed by atoms with Gasteiger partial charge in [0.05, 0.1) is 38.5 Å². The van der Waals surface area contributed by atoms with Crippen molar-refractivity contribution in [3.05, 3.63) is 374 Å². The third kappa shape index (κ3) is 8.97. The summed E-state index contributed by atoms with van der Waals surface area (Å²) in [6.07, 6.45) is 0. The molecule has 0 radical (unpaired) electrons. The summed E-state index contributed by atoms with van der Waals surface area (Å²) in [5.74, 6) is 1.59. The van der Waals surface area contributed by atoms with E-state index in [9.17, 15) is 0 Å². The van der Waals surface area contributed by atoms with Crippen molar-refractivity contribution in [2.75, 3.05) is 0 Å². The highest BCUT2D eigenvalue weighted by molar-refractivity contribution is 7.26. The molecule has 0 amide bonds. The first kappa shape index (κ1) is 60.8. The fourth-order valence-corrected chi connectivity index (χ4v) is 21.6. The maximum absolute atomic E-state index is 5.80. The van der Waals surface area contributed by atoms with E-state index in [4.69, 9.17) is 15.0 Å². The molecule has 23 aromatic rings. The van der Waals surface area contributed by atoms with Gasteiger partial charge in [0, 0.05) is 104 Å². The summed E-state index contributed by atoms with van der Waals surface area (Å²) in [4.78, 5) is 17.4. The lowest BCUT2D eigenvalue weighted by molar-refractivity contribution is 0.767. The van der Waals surface area contributed by atoms with Crippen LogP contribution in [0.3, 0.4) is 0 Å². The number of thiophene rings is 3. The lowest BCUT2D eigenvalue weighted by atomic mass is 9.67. The molecule has 1 aliphatic carbocycles. The van der Waals surface area contributed by atoms with Gasteiger partial charge >= 0.3 is 0 Å². The van der Waals surface area contributed by atoms with Gasteiger partial charge in [-0.15, -0.1) is 34.0 Å². The molecule has 24 rings (SSSR count). The van der Waals surface area contributed by atoms with E-state index in [1.54, 1.807) is 0 Å². The van der Waals surface area contributed by atoms with Crippen LogP contribution in [-0.4, -0.2) is 28.7 Å².